The van der Waals surface area contributed by atoms with Crippen molar-refractivity contribution in [2.45, 2.75) is 32.9 Å². The molecule has 0 spiro atoms. The molecule has 1 aromatic heterocycles. The van der Waals surface area contributed by atoms with Gasteiger partial charge in [0.15, 0.2) is 0 Å². The van der Waals surface area contributed by atoms with Crippen LogP contribution in [0.2, 0.25) is 0 Å². The largest absolute Gasteiger partial charge is 0.480 e. The summed E-state index contributed by atoms with van der Waals surface area (Å²) < 4.78 is 5.04. The Morgan fingerprint density at radius 3 is 2.67 bits per heavy atom. The molecule has 0 radical (unpaired) electrons. The van der Waals surface area contributed by atoms with Gasteiger partial charge >= 0.3 is 12.0 Å². The number of furan rings is 1. The molecule has 0 aromatic carbocycles. The highest BCUT2D eigenvalue weighted by Crippen LogP contribution is 2.05. The number of carboxylic acid groups (broad SMARTS) is 1. The first kappa shape index (κ1) is 14.1. The molecule has 1 heterocycles. The van der Waals surface area contributed by atoms with E-state index < -0.39 is 18.0 Å². The van der Waals surface area contributed by atoms with E-state index in [-0.39, 0.29) is 12.5 Å². The lowest BCUT2D eigenvalue weighted by Crippen LogP contribution is -2.46. The molecule has 3 N–H and O–H groups in total. The molecule has 0 aliphatic carbocycles. The Bertz CT molecular complexity index is 387. The van der Waals surface area contributed by atoms with Gasteiger partial charge in [-0.2, -0.15) is 0 Å². The molecule has 100 valence electrons. The number of carbonyl (C=O) groups excluding carboxylic acids is 1. The molecule has 0 fully saturated rings. The standard InChI is InChI=1S/C12H18N2O4/c1-8(2)6-10(11(15)16)14-12(17)13-7-9-4-3-5-18-9/h3-5,8,10H,6-7H2,1-2H3,(H,15,16)(H2,13,14,17)/t10-/m1/s1. The van der Waals surface area contributed by atoms with Gasteiger partial charge in [-0.3, -0.25) is 0 Å². The highest BCUT2D eigenvalue weighted by atomic mass is 16.4. The first-order valence-electron chi connectivity index (χ1n) is 5.78. The third-order valence-corrected chi connectivity index (χ3v) is 2.31. The van der Waals surface area contributed by atoms with E-state index in [0.29, 0.717) is 12.2 Å². The summed E-state index contributed by atoms with van der Waals surface area (Å²) >= 11 is 0. The number of hydrogen-bond acceptors (Lipinski definition) is 3. The van der Waals surface area contributed by atoms with Crippen molar-refractivity contribution in [1.82, 2.24) is 10.6 Å². The lowest BCUT2D eigenvalue weighted by Gasteiger charge is -2.16. The molecule has 0 aliphatic heterocycles. The summed E-state index contributed by atoms with van der Waals surface area (Å²) in [6.07, 6.45) is 1.90. The monoisotopic (exact) mass is 254 g/mol. The van der Waals surface area contributed by atoms with Crippen LogP contribution in [0.15, 0.2) is 22.8 Å². The Kier molecular flexibility index (Phi) is 5.23. The minimum absolute atomic E-state index is 0.191. The van der Waals surface area contributed by atoms with Crippen LogP contribution in [0.3, 0.4) is 0 Å². The Balaban J connectivity index is 2.39. The number of nitrogens with one attached hydrogen (secondary N) is 2. The highest BCUT2D eigenvalue weighted by Gasteiger charge is 2.20. The predicted octanol–water partition coefficient (Wildman–Crippen LogP) is 1.58. The molecule has 18 heavy (non-hydrogen) atoms. The zero-order valence-corrected chi connectivity index (χ0v) is 10.5. The molecule has 6 nitrogen and oxygen atoms in total. The van der Waals surface area contributed by atoms with Crippen molar-refractivity contribution in [2.24, 2.45) is 5.92 Å². The number of amides is 2. The second-order valence-corrected chi connectivity index (χ2v) is 4.43. The van der Waals surface area contributed by atoms with E-state index in [1.165, 1.54) is 6.26 Å². The summed E-state index contributed by atoms with van der Waals surface area (Å²) in [6.45, 7) is 4.03. The number of rotatable bonds is 6. The van der Waals surface area contributed by atoms with Gasteiger partial charge in [0.05, 0.1) is 12.8 Å². The van der Waals surface area contributed by atoms with Crippen molar-refractivity contribution in [3.8, 4) is 0 Å². The van der Waals surface area contributed by atoms with Crippen LogP contribution < -0.4 is 10.6 Å². The number of carbonyl (C=O) groups is 2. The quantitative estimate of drug-likeness (QED) is 0.718. The summed E-state index contributed by atoms with van der Waals surface area (Å²) in [5, 5.41) is 13.9. The molecule has 0 unspecified atom stereocenters. The molecule has 0 bridgehead atoms. The number of hydrogen-bond donors (Lipinski definition) is 3. The highest BCUT2D eigenvalue weighted by molar-refractivity contribution is 5.82. The zero-order valence-electron chi connectivity index (χ0n) is 10.5. The molecule has 2 amide bonds. The van der Waals surface area contributed by atoms with Gasteiger partial charge in [-0.05, 0) is 24.5 Å². The van der Waals surface area contributed by atoms with Crippen LogP contribution in [0, 0.1) is 5.92 Å². The lowest BCUT2D eigenvalue weighted by atomic mass is 10.0. The van der Waals surface area contributed by atoms with Crippen LogP contribution in [0.4, 0.5) is 4.79 Å². The molecule has 0 saturated heterocycles. The van der Waals surface area contributed by atoms with E-state index in [9.17, 15) is 9.59 Å². The van der Waals surface area contributed by atoms with Gasteiger partial charge in [0.25, 0.3) is 0 Å². The molecule has 0 saturated carbocycles. The van der Waals surface area contributed by atoms with Crippen molar-refractivity contribution in [1.29, 1.82) is 0 Å². The number of aliphatic carboxylic acids is 1. The number of urea groups is 1. The van der Waals surface area contributed by atoms with Crippen molar-refractivity contribution in [3.63, 3.8) is 0 Å². The van der Waals surface area contributed by atoms with Crippen molar-refractivity contribution < 1.29 is 19.1 Å². The van der Waals surface area contributed by atoms with Crippen molar-refractivity contribution in [3.05, 3.63) is 24.2 Å². The zero-order chi connectivity index (χ0) is 13.5. The SMILES string of the molecule is CC(C)C[C@@H](NC(=O)NCc1ccco1)C(=O)O. The van der Waals surface area contributed by atoms with Gasteiger partial charge < -0.3 is 20.2 Å². The van der Waals surface area contributed by atoms with Gasteiger partial charge in [0, 0.05) is 0 Å². The van der Waals surface area contributed by atoms with E-state index in [0.717, 1.165) is 0 Å². The third-order valence-electron chi connectivity index (χ3n) is 2.31. The summed E-state index contributed by atoms with van der Waals surface area (Å²) in [6, 6.07) is 2.05. The average molecular weight is 254 g/mol. The summed E-state index contributed by atoms with van der Waals surface area (Å²) in [4.78, 5) is 22.4. The maximum Gasteiger partial charge on any atom is 0.326 e. The first-order valence-corrected chi connectivity index (χ1v) is 5.78. The van der Waals surface area contributed by atoms with Crippen LogP contribution >= 0.6 is 0 Å². The van der Waals surface area contributed by atoms with E-state index in [4.69, 9.17) is 9.52 Å². The Morgan fingerprint density at radius 2 is 2.17 bits per heavy atom. The Morgan fingerprint density at radius 1 is 1.44 bits per heavy atom. The van der Waals surface area contributed by atoms with Gasteiger partial charge in [-0.15, -0.1) is 0 Å². The summed E-state index contributed by atoms with van der Waals surface area (Å²) in [7, 11) is 0. The lowest BCUT2D eigenvalue weighted by molar-refractivity contribution is -0.139. The van der Waals surface area contributed by atoms with Crippen LogP contribution in [0.1, 0.15) is 26.0 Å². The number of carboxylic acids is 1. The third kappa shape index (κ3) is 4.90. The Hall–Kier alpha value is -1.98. The van der Waals surface area contributed by atoms with E-state index >= 15 is 0 Å². The predicted molar refractivity (Wildman–Crippen MR) is 65.0 cm³/mol. The molecule has 0 aliphatic rings. The summed E-state index contributed by atoms with van der Waals surface area (Å²) in [5.74, 6) is -0.228. The first-order chi connectivity index (χ1) is 8.49. The molecular formula is C12H18N2O4. The molecule has 6 heteroatoms. The summed E-state index contributed by atoms with van der Waals surface area (Å²) in [5.41, 5.74) is 0. The Labute approximate surface area is 105 Å². The van der Waals surface area contributed by atoms with Gasteiger partial charge in [-0.25, -0.2) is 9.59 Å². The van der Waals surface area contributed by atoms with E-state index in [2.05, 4.69) is 10.6 Å². The van der Waals surface area contributed by atoms with Gasteiger partial charge in [0.2, 0.25) is 0 Å². The smallest absolute Gasteiger partial charge is 0.326 e. The molecule has 1 atom stereocenters. The van der Waals surface area contributed by atoms with Crippen LogP contribution in [0.25, 0.3) is 0 Å². The van der Waals surface area contributed by atoms with E-state index in [1.807, 2.05) is 13.8 Å². The van der Waals surface area contributed by atoms with Gasteiger partial charge in [-0.1, -0.05) is 13.8 Å². The van der Waals surface area contributed by atoms with Crippen LogP contribution in [-0.2, 0) is 11.3 Å². The molecule has 1 rings (SSSR count). The second-order valence-electron chi connectivity index (χ2n) is 4.43. The minimum Gasteiger partial charge on any atom is -0.480 e. The van der Waals surface area contributed by atoms with Crippen molar-refractivity contribution >= 4 is 12.0 Å². The molecular weight excluding hydrogens is 236 g/mol. The fourth-order valence-electron chi connectivity index (χ4n) is 1.48. The van der Waals surface area contributed by atoms with Crippen LogP contribution in [-0.4, -0.2) is 23.1 Å². The van der Waals surface area contributed by atoms with Crippen molar-refractivity contribution in [2.75, 3.05) is 0 Å². The normalized spacial score (nSPS) is 12.2. The van der Waals surface area contributed by atoms with E-state index in [1.54, 1.807) is 12.1 Å². The maximum absolute atomic E-state index is 11.5. The fraction of sp³-hybridized carbons (Fsp3) is 0.500. The van der Waals surface area contributed by atoms with Crippen LogP contribution in [0.5, 0.6) is 0 Å². The minimum atomic E-state index is -1.03. The topological polar surface area (TPSA) is 91.6 Å². The van der Waals surface area contributed by atoms with Gasteiger partial charge in [0.1, 0.15) is 11.8 Å². The average Bonchev–Trinajstić information content (AvgIpc) is 2.77. The molecule has 1 aromatic rings. The second kappa shape index (κ2) is 6.68. The maximum atomic E-state index is 11.5. The fourth-order valence-corrected chi connectivity index (χ4v) is 1.48.